The molecule has 1 amide bonds. The van der Waals surface area contributed by atoms with Gasteiger partial charge in [-0.2, -0.15) is 0 Å². The van der Waals surface area contributed by atoms with E-state index in [1.807, 2.05) is 26.0 Å². The number of aromatic nitrogens is 1. The van der Waals surface area contributed by atoms with Crippen LogP contribution in [0.15, 0.2) is 41.5 Å². The molecule has 0 bridgehead atoms. The SMILES string of the molecule is Cc1cc(NC(=O)c2ccc(F)cn2)cc(C2(C)CCSC(N)=N2)c1. The fourth-order valence-electron chi connectivity index (χ4n) is 2.77. The molecule has 1 atom stereocenters. The highest BCUT2D eigenvalue weighted by molar-refractivity contribution is 8.13. The number of thioether (sulfide) groups is 1. The summed E-state index contributed by atoms with van der Waals surface area (Å²) >= 11 is 1.55. The van der Waals surface area contributed by atoms with Crippen LogP contribution in [0, 0.1) is 12.7 Å². The number of amidine groups is 1. The summed E-state index contributed by atoms with van der Waals surface area (Å²) in [5.41, 5.74) is 8.31. The molecule has 0 fully saturated rings. The third-order valence-corrected chi connectivity index (χ3v) is 4.91. The van der Waals surface area contributed by atoms with Crippen molar-refractivity contribution < 1.29 is 9.18 Å². The average Bonchev–Trinajstić information content (AvgIpc) is 2.54. The van der Waals surface area contributed by atoms with Crippen molar-refractivity contribution in [1.29, 1.82) is 0 Å². The van der Waals surface area contributed by atoms with Crippen molar-refractivity contribution in [3.8, 4) is 0 Å². The first-order valence-corrected chi connectivity index (χ1v) is 8.87. The highest BCUT2D eigenvalue weighted by atomic mass is 32.2. The summed E-state index contributed by atoms with van der Waals surface area (Å²) in [6, 6.07) is 8.40. The quantitative estimate of drug-likeness (QED) is 0.881. The number of amides is 1. The Kier molecular flexibility index (Phi) is 4.76. The molecule has 3 N–H and O–H groups in total. The predicted octanol–water partition coefficient (Wildman–Crippen LogP) is 3.45. The van der Waals surface area contributed by atoms with Gasteiger partial charge < -0.3 is 11.1 Å². The van der Waals surface area contributed by atoms with E-state index in [1.54, 1.807) is 11.8 Å². The van der Waals surface area contributed by atoms with Crippen LogP contribution in [0.4, 0.5) is 10.1 Å². The number of aryl methyl sites for hydroxylation is 1. The first-order valence-electron chi connectivity index (χ1n) is 7.89. The second-order valence-electron chi connectivity index (χ2n) is 6.23. The van der Waals surface area contributed by atoms with Crippen molar-refractivity contribution in [2.24, 2.45) is 10.7 Å². The average molecular weight is 358 g/mol. The Bertz CT molecular complexity index is 837. The fourth-order valence-corrected chi connectivity index (χ4v) is 3.74. The number of carbonyl (C=O) groups excluding carboxylic acids is 1. The summed E-state index contributed by atoms with van der Waals surface area (Å²) in [6.45, 7) is 4.00. The Labute approximate surface area is 149 Å². The minimum Gasteiger partial charge on any atom is -0.379 e. The highest BCUT2D eigenvalue weighted by Gasteiger charge is 2.30. The maximum atomic E-state index is 12.9. The van der Waals surface area contributed by atoms with Gasteiger partial charge in [0.1, 0.15) is 11.5 Å². The number of nitrogens with zero attached hydrogens (tertiary/aromatic N) is 2. The van der Waals surface area contributed by atoms with Gasteiger partial charge in [-0.15, -0.1) is 0 Å². The van der Waals surface area contributed by atoms with Gasteiger partial charge in [0.15, 0.2) is 5.17 Å². The Morgan fingerprint density at radius 2 is 2.16 bits per heavy atom. The number of halogens is 1. The van der Waals surface area contributed by atoms with Gasteiger partial charge in [0, 0.05) is 11.4 Å². The lowest BCUT2D eigenvalue weighted by atomic mass is 9.88. The molecule has 0 saturated heterocycles. The molecule has 1 aromatic carbocycles. The van der Waals surface area contributed by atoms with Crippen LogP contribution < -0.4 is 11.1 Å². The van der Waals surface area contributed by atoms with E-state index in [2.05, 4.69) is 21.4 Å². The van der Waals surface area contributed by atoms with Crippen LogP contribution in [-0.2, 0) is 5.54 Å². The van der Waals surface area contributed by atoms with Crippen LogP contribution in [0.3, 0.4) is 0 Å². The molecule has 7 heteroatoms. The standard InChI is InChI=1S/C18H19FN4OS/c1-11-7-12(18(2)5-6-25-17(20)23-18)9-14(8-11)22-16(24)15-4-3-13(19)10-21-15/h3-4,7-10H,5-6H2,1-2H3,(H2,20,23)(H,22,24). The zero-order chi connectivity index (χ0) is 18.0. The Morgan fingerprint density at radius 3 is 2.84 bits per heavy atom. The minimum atomic E-state index is -0.479. The number of pyridine rings is 1. The normalized spacial score (nSPS) is 20.0. The van der Waals surface area contributed by atoms with E-state index in [9.17, 15) is 9.18 Å². The summed E-state index contributed by atoms with van der Waals surface area (Å²) in [4.78, 5) is 20.7. The van der Waals surface area contributed by atoms with Gasteiger partial charge in [0.05, 0.1) is 11.7 Å². The van der Waals surface area contributed by atoms with Crippen LogP contribution in [-0.4, -0.2) is 21.8 Å². The first kappa shape index (κ1) is 17.4. The molecule has 1 aliphatic heterocycles. The third kappa shape index (κ3) is 3.99. The van der Waals surface area contributed by atoms with Gasteiger partial charge in [-0.3, -0.25) is 9.79 Å². The number of anilines is 1. The van der Waals surface area contributed by atoms with E-state index in [1.165, 1.54) is 12.1 Å². The molecular formula is C18H19FN4OS. The summed E-state index contributed by atoms with van der Waals surface area (Å²) in [6.07, 6.45) is 1.89. The zero-order valence-corrected chi connectivity index (χ0v) is 14.9. The van der Waals surface area contributed by atoms with Gasteiger partial charge in [0.2, 0.25) is 0 Å². The van der Waals surface area contributed by atoms with Crippen molar-refractivity contribution >= 4 is 28.5 Å². The number of benzene rings is 1. The molecule has 1 aliphatic rings. The van der Waals surface area contributed by atoms with Crippen molar-refractivity contribution in [2.75, 3.05) is 11.1 Å². The molecule has 2 aromatic rings. The third-order valence-electron chi connectivity index (χ3n) is 4.11. The maximum Gasteiger partial charge on any atom is 0.274 e. The van der Waals surface area contributed by atoms with Gasteiger partial charge >= 0.3 is 0 Å². The molecule has 0 spiro atoms. The number of aliphatic imine (C=N–C) groups is 1. The number of hydrogen-bond acceptors (Lipinski definition) is 5. The van der Waals surface area contributed by atoms with Crippen molar-refractivity contribution in [3.05, 3.63) is 59.2 Å². The van der Waals surface area contributed by atoms with E-state index >= 15 is 0 Å². The second-order valence-corrected chi connectivity index (χ2v) is 7.34. The number of carbonyl (C=O) groups is 1. The van der Waals surface area contributed by atoms with Gasteiger partial charge in [0.25, 0.3) is 5.91 Å². The molecular weight excluding hydrogens is 339 g/mol. The lowest BCUT2D eigenvalue weighted by Crippen LogP contribution is -2.29. The molecule has 1 unspecified atom stereocenters. The number of rotatable bonds is 3. The van der Waals surface area contributed by atoms with Crippen molar-refractivity contribution in [1.82, 2.24) is 4.98 Å². The Balaban J connectivity index is 1.88. The Hall–Kier alpha value is -2.41. The fraction of sp³-hybridized carbons (Fsp3) is 0.278. The molecule has 25 heavy (non-hydrogen) atoms. The summed E-state index contributed by atoms with van der Waals surface area (Å²) in [7, 11) is 0. The van der Waals surface area contributed by atoms with Crippen LogP contribution in [0.5, 0.6) is 0 Å². The summed E-state index contributed by atoms with van der Waals surface area (Å²) < 4.78 is 12.9. The second kappa shape index (κ2) is 6.84. The van der Waals surface area contributed by atoms with E-state index in [0.717, 1.165) is 29.5 Å². The first-order chi connectivity index (χ1) is 11.9. The molecule has 3 rings (SSSR count). The smallest absolute Gasteiger partial charge is 0.274 e. The highest BCUT2D eigenvalue weighted by Crippen LogP contribution is 2.36. The van der Waals surface area contributed by atoms with Crippen LogP contribution in [0.2, 0.25) is 0 Å². The minimum absolute atomic E-state index is 0.159. The lowest BCUT2D eigenvalue weighted by molar-refractivity contribution is 0.102. The number of nitrogens with two attached hydrogens (primary N) is 1. The predicted molar refractivity (Wildman–Crippen MR) is 99.4 cm³/mol. The molecule has 0 saturated carbocycles. The molecule has 0 radical (unpaired) electrons. The Morgan fingerprint density at radius 1 is 1.36 bits per heavy atom. The number of nitrogens with one attached hydrogen (secondary N) is 1. The van der Waals surface area contributed by atoms with Crippen molar-refractivity contribution in [2.45, 2.75) is 25.8 Å². The zero-order valence-electron chi connectivity index (χ0n) is 14.0. The van der Waals surface area contributed by atoms with E-state index in [-0.39, 0.29) is 11.6 Å². The van der Waals surface area contributed by atoms with E-state index < -0.39 is 11.4 Å². The molecule has 2 heterocycles. The van der Waals surface area contributed by atoms with Gasteiger partial charge in [-0.25, -0.2) is 9.37 Å². The van der Waals surface area contributed by atoms with Gasteiger partial charge in [-0.1, -0.05) is 17.8 Å². The van der Waals surface area contributed by atoms with E-state index in [4.69, 9.17) is 5.73 Å². The topological polar surface area (TPSA) is 80.4 Å². The van der Waals surface area contributed by atoms with E-state index in [0.29, 0.717) is 10.9 Å². The van der Waals surface area contributed by atoms with Crippen LogP contribution in [0.1, 0.15) is 35.0 Å². The van der Waals surface area contributed by atoms with Crippen molar-refractivity contribution in [3.63, 3.8) is 0 Å². The summed E-state index contributed by atoms with van der Waals surface area (Å²) in [5.74, 6) is 0.0397. The number of hydrogen-bond donors (Lipinski definition) is 2. The molecule has 130 valence electrons. The molecule has 0 aliphatic carbocycles. The molecule has 5 nitrogen and oxygen atoms in total. The monoisotopic (exact) mass is 358 g/mol. The summed E-state index contributed by atoms with van der Waals surface area (Å²) in [5, 5.41) is 3.40. The molecule has 1 aromatic heterocycles. The largest absolute Gasteiger partial charge is 0.379 e. The maximum absolute atomic E-state index is 12.9. The van der Waals surface area contributed by atoms with Gasteiger partial charge in [-0.05, 0) is 55.7 Å². The van der Waals surface area contributed by atoms with Crippen LogP contribution >= 0.6 is 11.8 Å². The van der Waals surface area contributed by atoms with Crippen LogP contribution in [0.25, 0.3) is 0 Å². The lowest BCUT2D eigenvalue weighted by Gasteiger charge is -2.30.